The summed E-state index contributed by atoms with van der Waals surface area (Å²) in [6.07, 6.45) is 1.71. The smallest absolute Gasteiger partial charge is 0.233 e. The number of aromatic nitrogens is 4. The molecule has 124 valence electrons. The Bertz CT molecular complexity index is 677. The molecular weight excluding hydrogens is 310 g/mol. The van der Waals surface area contributed by atoms with Crippen molar-refractivity contribution < 1.29 is 4.79 Å². The molecule has 0 aromatic carbocycles. The molecule has 6 nitrogen and oxygen atoms in total. The van der Waals surface area contributed by atoms with Crippen molar-refractivity contribution in [1.29, 1.82) is 0 Å². The van der Waals surface area contributed by atoms with E-state index in [4.69, 9.17) is 0 Å². The monoisotopic (exact) mass is 333 g/mol. The highest BCUT2D eigenvalue weighted by atomic mass is 32.2. The van der Waals surface area contributed by atoms with E-state index in [9.17, 15) is 4.79 Å². The summed E-state index contributed by atoms with van der Waals surface area (Å²) in [5, 5.41) is 7.95. The van der Waals surface area contributed by atoms with E-state index in [0.29, 0.717) is 17.5 Å². The van der Waals surface area contributed by atoms with Crippen LogP contribution in [0.1, 0.15) is 37.9 Å². The SMILES string of the molecule is Cc1ccnc(SCC(=O)N(C)Cc2cc(C(C)(C)C)n[nH]2)n1. The van der Waals surface area contributed by atoms with E-state index in [1.807, 2.05) is 19.1 Å². The zero-order valence-corrected chi connectivity index (χ0v) is 15.1. The van der Waals surface area contributed by atoms with Crippen molar-refractivity contribution in [3.63, 3.8) is 0 Å². The van der Waals surface area contributed by atoms with Crippen LogP contribution >= 0.6 is 11.8 Å². The predicted octanol–water partition coefficient (Wildman–Crippen LogP) is 2.56. The van der Waals surface area contributed by atoms with Crippen LogP contribution < -0.4 is 0 Å². The van der Waals surface area contributed by atoms with Crippen LogP contribution in [0.5, 0.6) is 0 Å². The third-order valence-corrected chi connectivity index (χ3v) is 4.18. The first kappa shape index (κ1) is 17.5. The van der Waals surface area contributed by atoms with E-state index in [1.165, 1.54) is 11.8 Å². The molecule has 0 fully saturated rings. The zero-order chi connectivity index (χ0) is 17.0. The van der Waals surface area contributed by atoms with Gasteiger partial charge < -0.3 is 4.90 Å². The Balaban J connectivity index is 1.89. The molecule has 0 aliphatic carbocycles. The van der Waals surface area contributed by atoms with Crippen molar-refractivity contribution in [3.8, 4) is 0 Å². The van der Waals surface area contributed by atoms with E-state index in [1.54, 1.807) is 18.1 Å². The number of H-pyrrole nitrogens is 1. The van der Waals surface area contributed by atoms with Crippen molar-refractivity contribution in [2.75, 3.05) is 12.8 Å². The van der Waals surface area contributed by atoms with Gasteiger partial charge in [0.05, 0.1) is 23.7 Å². The molecule has 0 saturated heterocycles. The quantitative estimate of drug-likeness (QED) is 0.672. The van der Waals surface area contributed by atoms with Gasteiger partial charge in [0.25, 0.3) is 0 Å². The number of rotatable bonds is 5. The molecule has 1 amide bonds. The Labute approximate surface area is 141 Å². The van der Waals surface area contributed by atoms with Gasteiger partial charge in [-0.2, -0.15) is 5.10 Å². The van der Waals surface area contributed by atoms with Crippen LogP contribution in [0.2, 0.25) is 0 Å². The Hall–Kier alpha value is -1.89. The van der Waals surface area contributed by atoms with Crippen LogP contribution in [0, 0.1) is 6.92 Å². The van der Waals surface area contributed by atoms with E-state index >= 15 is 0 Å². The summed E-state index contributed by atoms with van der Waals surface area (Å²) in [7, 11) is 1.79. The number of aromatic amines is 1. The fourth-order valence-electron chi connectivity index (χ4n) is 1.90. The maximum absolute atomic E-state index is 12.2. The number of hydrogen-bond acceptors (Lipinski definition) is 5. The lowest BCUT2D eigenvalue weighted by Gasteiger charge is -2.16. The molecule has 0 saturated carbocycles. The van der Waals surface area contributed by atoms with Crippen LogP contribution in [-0.2, 0) is 16.8 Å². The highest BCUT2D eigenvalue weighted by molar-refractivity contribution is 7.99. The fraction of sp³-hybridized carbons (Fsp3) is 0.500. The molecule has 0 unspecified atom stereocenters. The molecule has 23 heavy (non-hydrogen) atoms. The Morgan fingerprint density at radius 2 is 2.13 bits per heavy atom. The number of nitrogens with zero attached hydrogens (tertiary/aromatic N) is 4. The summed E-state index contributed by atoms with van der Waals surface area (Å²) in [5.74, 6) is 0.354. The lowest BCUT2D eigenvalue weighted by Crippen LogP contribution is -2.28. The van der Waals surface area contributed by atoms with E-state index in [0.717, 1.165) is 17.1 Å². The summed E-state index contributed by atoms with van der Waals surface area (Å²) in [4.78, 5) is 22.3. The summed E-state index contributed by atoms with van der Waals surface area (Å²) < 4.78 is 0. The number of carbonyl (C=O) groups is 1. The normalized spacial score (nSPS) is 11.5. The fourth-order valence-corrected chi connectivity index (χ4v) is 2.72. The largest absolute Gasteiger partial charge is 0.339 e. The maximum atomic E-state index is 12.2. The first-order chi connectivity index (χ1) is 10.8. The van der Waals surface area contributed by atoms with E-state index in [2.05, 4.69) is 40.9 Å². The summed E-state index contributed by atoms with van der Waals surface area (Å²) >= 11 is 1.35. The number of hydrogen-bond donors (Lipinski definition) is 1. The van der Waals surface area contributed by atoms with Crippen molar-refractivity contribution in [3.05, 3.63) is 35.4 Å². The number of carbonyl (C=O) groups excluding carboxylic acids is 1. The number of amides is 1. The van der Waals surface area contributed by atoms with Gasteiger partial charge in [-0.1, -0.05) is 32.5 Å². The highest BCUT2D eigenvalue weighted by Crippen LogP contribution is 2.21. The van der Waals surface area contributed by atoms with Crippen molar-refractivity contribution in [2.24, 2.45) is 0 Å². The van der Waals surface area contributed by atoms with Gasteiger partial charge in [0, 0.05) is 24.4 Å². The van der Waals surface area contributed by atoms with Crippen LogP contribution in [0.3, 0.4) is 0 Å². The molecule has 0 spiro atoms. The average Bonchev–Trinajstić information content (AvgIpc) is 2.93. The summed E-state index contributed by atoms with van der Waals surface area (Å²) in [6.45, 7) is 8.75. The average molecular weight is 333 g/mol. The molecule has 0 aliphatic heterocycles. The van der Waals surface area contributed by atoms with Gasteiger partial charge in [0.1, 0.15) is 0 Å². The third kappa shape index (κ3) is 5.06. The Morgan fingerprint density at radius 1 is 1.39 bits per heavy atom. The predicted molar refractivity (Wildman–Crippen MR) is 91.3 cm³/mol. The second-order valence-electron chi connectivity index (χ2n) is 6.55. The first-order valence-electron chi connectivity index (χ1n) is 7.47. The Morgan fingerprint density at radius 3 is 2.74 bits per heavy atom. The molecule has 2 aromatic rings. The zero-order valence-electron chi connectivity index (χ0n) is 14.3. The molecule has 0 aliphatic rings. The van der Waals surface area contributed by atoms with E-state index < -0.39 is 0 Å². The molecule has 2 rings (SSSR count). The van der Waals surface area contributed by atoms with Gasteiger partial charge >= 0.3 is 0 Å². The molecule has 2 heterocycles. The van der Waals surface area contributed by atoms with Gasteiger partial charge in [-0.25, -0.2) is 9.97 Å². The topological polar surface area (TPSA) is 74.8 Å². The molecule has 0 bridgehead atoms. The number of nitrogens with one attached hydrogen (secondary N) is 1. The van der Waals surface area contributed by atoms with Crippen molar-refractivity contribution in [2.45, 2.75) is 44.8 Å². The van der Waals surface area contributed by atoms with Gasteiger partial charge in [-0.05, 0) is 19.1 Å². The lowest BCUT2D eigenvalue weighted by atomic mass is 9.92. The van der Waals surface area contributed by atoms with Crippen molar-refractivity contribution >= 4 is 17.7 Å². The minimum absolute atomic E-state index is 0.00428. The lowest BCUT2D eigenvalue weighted by molar-refractivity contribution is -0.127. The maximum Gasteiger partial charge on any atom is 0.233 e. The number of thioether (sulfide) groups is 1. The van der Waals surface area contributed by atoms with Crippen LogP contribution in [0.4, 0.5) is 0 Å². The molecular formula is C16H23N5OS. The second-order valence-corrected chi connectivity index (χ2v) is 7.49. The highest BCUT2D eigenvalue weighted by Gasteiger charge is 2.18. The molecule has 2 aromatic heterocycles. The standard InChI is InChI=1S/C16H23N5OS/c1-11-6-7-17-15(18-11)23-10-14(22)21(5)9-12-8-13(20-19-12)16(2,3)4/h6-8H,9-10H2,1-5H3,(H,19,20). The van der Waals surface area contributed by atoms with Crippen LogP contribution in [0.25, 0.3) is 0 Å². The molecule has 0 radical (unpaired) electrons. The van der Waals surface area contributed by atoms with Gasteiger partial charge in [0.15, 0.2) is 5.16 Å². The van der Waals surface area contributed by atoms with Gasteiger partial charge in [0.2, 0.25) is 5.91 Å². The second kappa shape index (κ2) is 7.12. The molecule has 0 atom stereocenters. The Kier molecular flexibility index (Phi) is 5.41. The minimum Gasteiger partial charge on any atom is -0.339 e. The van der Waals surface area contributed by atoms with Gasteiger partial charge in [-0.3, -0.25) is 9.89 Å². The third-order valence-electron chi connectivity index (χ3n) is 3.33. The van der Waals surface area contributed by atoms with Gasteiger partial charge in [-0.15, -0.1) is 0 Å². The number of aryl methyl sites for hydroxylation is 1. The molecule has 1 N–H and O–H groups in total. The van der Waals surface area contributed by atoms with E-state index in [-0.39, 0.29) is 11.3 Å². The summed E-state index contributed by atoms with van der Waals surface area (Å²) in [5.41, 5.74) is 2.82. The molecule has 7 heteroatoms. The van der Waals surface area contributed by atoms with Crippen molar-refractivity contribution in [1.82, 2.24) is 25.1 Å². The minimum atomic E-state index is -0.00428. The van der Waals surface area contributed by atoms with Crippen LogP contribution in [0.15, 0.2) is 23.5 Å². The summed E-state index contributed by atoms with van der Waals surface area (Å²) in [6, 6.07) is 3.85. The van der Waals surface area contributed by atoms with Crippen LogP contribution in [-0.4, -0.2) is 43.8 Å². The first-order valence-corrected chi connectivity index (χ1v) is 8.45.